The van der Waals surface area contributed by atoms with Crippen molar-refractivity contribution in [1.82, 2.24) is 10.4 Å². The number of anilines is 1. The maximum absolute atomic E-state index is 11.9. The molecule has 5 nitrogen and oxygen atoms in total. The van der Waals surface area contributed by atoms with E-state index in [1.165, 1.54) is 0 Å². The van der Waals surface area contributed by atoms with Crippen molar-refractivity contribution in [2.75, 3.05) is 18.9 Å². The number of aromatic nitrogens is 1. The van der Waals surface area contributed by atoms with Gasteiger partial charge >= 0.3 is 6.18 Å². The largest absolute Gasteiger partial charge is 0.411 e. The molecule has 0 saturated carbocycles. The lowest BCUT2D eigenvalue weighted by atomic mass is 10.1. The molecule has 108 valence electrons. The minimum absolute atomic E-state index is 0.0189. The number of pyridine rings is 1. The highest BCUT2D eigenvalue weighted by molar-refractivity contribution is 5.32. The molecule has 1 aromatic heterocycles. The highest BCUT2D eigenvalue weighted by Gasteiger charge is 2.27. The van der Waals surface area contributed by atoms with Gasteiger partial charge in [0.25, 0.3) is 0 Å². The first-order valence-electron chi connectivity index (χ1n) is 5.72. The SMILES string of the molecule is NNC(CCOCC(F)(F)F)Cc1ccnc(N)c1. The zero-order valence-electron chi connectivity index (χ0n) is 10.3. The predicted molar refractivity (Wildman–Crippen MR) is 65.0 cm³/mol. The lowest BCUT2D eigenvalue weighted by molar-refractivity contribution is -0.174. The first kappa shape index (κ1) is 15.7. The summed E-state index contributed by atoms with van der Waals surface area (Å²) in [6.45, 7) is -1.26. The van der Waals surface area contributed by atoms with Gasteiger partial charge in [-0.2, -0.15) is 13.2 Å². The topological polar surface area (TPSA) is 86.2 Å². The van der Waals surface area contributed by atoms with Gasteiger partial charge in [-0.05, 0) is 30.5 Å². The number of nitrogen functional groups attached to an aromatic ring is 1. The molecule has 0 spiro atoms. The Kier molecular flexibility index (Phi) is 6.00. The number of hydrogen-bond donors (Lipinski definition) is 3. The molecule has 19 heavy (non-hydrogen) atoms. The Balaban J connectivity index is 2.34. The molecule has 1 aromatic rings. The molecule has 0 aliphatic rings. The van der Waals surface area contributed by atoms with E-state index in [4.69, 9.17) is 11.6 Å². The average molecular weight is 278 g/mol. The molecule has 0 aliphatic carbocycles. The zero-order chi connectivity index (χ0) is 14.3. The Hall–Kier alpha value is -1.38. The van der Waals surface area contributed by atoms with Crippen molar-refractivity contribution < 1.29 is 17.9 Å². The number of nitrogens with zero attached hydrogens (tertiary/aromatic N) is 1. The third kappa shape index (κ3) is 6.94. The van der Waals surface area contributed by atoms with Gasteiger partial charge in [-0.3, -0.25) is 11.3 Å². The maximum atomic E-state index is 11.9. The third-order valence-electron chi connectivity index (χ3n) is 2.44. The molecular formula is C11H17F3N4O. The molecule has 0 bridgehead atoms. The summed E-state index contributed by atoms with van der Waals surface area (Å²) in [5.74, 6) is 5.74. The van der Waals surface area contributed by atoms with Gasteiger partial charge in [0.05, 0.1) is 0 Å². The number of hydrazine groups is 1. The minimum Gasteiger partial charge on any atom is -0.384 e. The van der Waals surface area contributed by atoms with Crippen LogP contribution in [0.3, 0.4) is 0 Å². The quantitative estimate of drug-likeness (QED) is 0.393. The summed E-state index contributed by atoms with van der Waals surface area (Å²) >= 11 is 0. The first-order chi connectivity index (χ1) is 8.90. The number of ether oxygens (including phenoxy) is 1. The van der Waals surface area contributed by atoms with Gasteiger partial charge in [0.2, 0.25) is 0 Å². The van der Waals surface area contributed by atoms with Gasteiger partial charge in [-0.25, -0.2) is 4.98 Å². The fraction of sp³-hybridized carbons (Fsp3) is 0.545. The summed E-state index contributed by atoms with van der Waals surface area (Å²) in [6.07, 6.45) is -1.82. The molecule has 0 aliphatic heterocycles. The zero-order valence-corrected chi connectivity index (χ0v) is 10.3. The highest BCUT2D eigenvalue weighted by Crippen LogP contribution is 2.15. The van der Waals surface area contributed by atoms with Gasteiger partial charge in [-0.1, -0.05) is 0 Å². The Morgan fingerprint density at radius 2 is 2.16 bits per heavy atom. The Bertz CT molecular complexity index is 386. The van der Waals surface area contributed by atoms with Crippen molar-refractivity contribution in [3.05, 3.63) is 23.9 Å². The Labute approximate surface area is 109 Å². The molecule has 1 heterocycles. The van der Waals surface area contributed by atoms with Crippen molar-refractivity contribution >= 4 is 5.82 Å². The Morgan fingerprint density at radius 1 is 1.42 bits per heavy atom. The number of hydrogen-bond acceptors (Lipinski definition) is 5. The van der Waals surface area contributed by atoms with Crippen molar-refractivity contribution in [1.29, 1.82) is 0 Å². The lowest BCUT2D eigenvalue weighted by Gasteiger charge is -2.16. The number of nitrogens with one attached hydrogen (secondary N) is 1. The maximum Gasteiger partial charge on any atom is 0.411 e. The van der Waals surface area contributed by atoms with E-state index in [2.05, 4.69) is 15.1 Å². The fourth-order valence-corrected chi connectivity index (χ4v) is 1.56. The van der Waals surface area contributed by atoms with Crippen LogP contribution in [0.15, 0.2) is 18.3 Å². The van der Waals surface area contributed by atoms with E-state index in [-0.39, 0.29) is 12.6 Å². The molecule has 0 amide bonds. The van der Waals surface area contributed by atoms with Crippen molar-refractivity contribution in [2.24, 2.45) is 5.84 Å². The first-order valence-corrected chi connectivity index (χ1v) is 5.72. The van der Waals surface area contributed by atoms with E-state index in [0.29, 0.717) is 18.7 Å². The normalized spacial score (nSPS) is 13.5. The lowest BCUT2D eigenvalue weighted by Crippen LogP contribution is -2.38. The Morgan fingerprint density at radius 3 is 2.74 bits per heavy atom. The summed E-state index contributed by atoms with van der Waals surface area (Å²) in [4.78, 5) is 3.85. The van der Waals surface area contributed by atoms with Crippen LogP contribution < -0.4 is 17.0 Å². The standard InChI is InChI=1S/C11H17F3N4O/c12-11(13,14)7-19-4-2-9(18-16)5-8-1-3-17-10(15)6-8/h1,3,6,9,18H,2,4-5,7,16H2,(H2,15,17). The van der Waals surface area contributed by atoms with Crippen LogP contribution in [0, 0.1) is 0 Å². The molecule has 0 radical (unpaired) electrons. The van der Waals surface area contributed by atoms with Gasteiger partial charge < -0.3 is 10.5 Å². The molecule has 0 saturated heterocycles. The molecule has 8 heteroatoms. The summed E-state index contributed by atoms with van der Waals surface area (Å²) in [6, 6.07) is 3.29. The summed E-state index contributed by atoms with van der Waals surface area (Å²) in [5.41, 5.74) is 8.99. The second kappa shape index (κ2) is 7.27. The minimum atomic E-state index is -4.30. The number of halogens is 3. The van der Waals surface area contributed by atoms with Crippen molar-refractivity contribution in [2.45, 2.75) is 25.1 Å². The van der Waals surface area contributed by atoms with Gasteiger partial charge in [0.15, 0.2) is 0 Å². The summed E-state index contributed by atoms with van der Waals surface area (Å²) < 4.78 is 40.1. The molecule has 0 fully saturated rings. The van der Waals surface area contributed by atoms with Crippen LogP contribution in [0.2, 0.25) is 0 Å². The van der Waals surface area contributed by atoms with Crippen LogP contribution in [-0.2, 0) is 11.2 Å². The second-order valence-corrected chi connectivity index (χ2v) is 4.11. The monoisotopic (exact) mass is 278 g/mol. The summed E-state index contributed by atoms with van der Waals surface area (Å²) in [7, 11) is 0. The van der Waals surface area contributed by atoms with Crippen LogP contribution >= 0.6 is 0 Å². The van der Waals surface area contributed by atoms with Crippen LogP contribution in [0.1, 0.15) is 12.0 Å². The number of rotatable bonds is 7. The highest BCUT2D eigenvalue weighted by atomic mass is 19.4. The molecular weight excluding hydrogens is 261 g/mol. The van der Waals surface area contributed by atoms with Gasteiger partial charge in [0.1, 0.15) is 12.4 Å². The van der Waals surface area contributed by atoms with Crippen molar-refractivity contribution in [3.8, 4) is 0 Å². The van der Waals surface area contributed by atoms with Crippen molar-refractivity contribution in [3.63, 3.8) is 0 Å². The van der Waals surface area contributed by atoms with E-state index >= 15 is 0 Å². The van der Waals surface area contributed by atoms with E-state index in [0.717, 1.165) is 5.56 Å². The second-order valence-electron chi connectivity index (χ2n) is 4.11. The van der Waals surface area contributed by atoms with Crippen LogP contribution in [0.25, 0.3) is 0 Å². The molecule has 1 unspecified atom stereocenters. The number of alkyl halides is 3. The van der Waals surface area contributed by atoms with Crippen LogP contribution in [-0.4, -0.2) is 30.4 Å². The van der Waals surface area contributed by atoms with Gasteiger partial charge in [0, 0.05) is 18.8 Å². The van der Waals surface area contributed by atoms with E-state index in [1.54, 1.807) is 18.3 Å². The van der Waals surface area contributed by atoms with E-state index in [9.17, 15) is 13.2 Å². The van der Waals surface area contributed by atoms with E-state index < -0.39 is 12.8 Å². The van der Waals surface area contributed by atoms with Gasteiger partial charge in [-0.15, -0.1) is 0 Å². The van der Waals surface area contributed by atoms with E-state index in [1.807, 2.05) is 0 Å². The number of nitrogens with two attached hydrogens (primary N) is 2. The average Bonchev–Trinajstić information content (AvgIpc) is 2.32. The smallest absolute Gasteiger partial charge is 0.384 e. The predicted octanol–water partition coefficient (Wildman–Crippen LogP) is 1.01. The summed E-state index contributed by atoms with van der Waals surface area (Å²) in [5, 5.41) is 0. The molecule has 1 atom stereocenters. The fourth-order valence-electron chi connectivity index (χ4n) is 1.56. The molecule has 5 N–H and O–H groups in total. The molecule has 1 rings (SSSR count). The van der Waals surface area contributed by atoms with Crippen LogP contribution in [0.4, 0.5) is 19.0 Å². The molecule has 0 aromatic carbocycles. The third-order valence-corrected chi connectivity index (χ3v) is 2.44. The van der Waals surface area contributed by atoms with Crippen LogP contribution in [0.5, 0.6) is 0 Å².